The van der Waals surface area contributed by atoms with Crippen molar-refractivity contribution in [1.82, 2.24) is 4.90 Å². The van der Waals surface area contributed by atoms with E-state index in [1.165, 1.54) is 0 Å². The van der Waals surface area contributed by atoms with E-state index in [1.807, 2.05) is 48.5 Å². The van der Waals surface area contributed by atoms with Crippen molar-refractivity contribution in [3.8, 4) is 16.9 Å². The number of ether oxygens (including phenoxy) is 1. The summed E-state index contributed by atoms with van der Waals surface area (Å²) in [6.45, 7) is 1.66. The summed E-state index contributed by atoms with van der Waals surface area (Å²) in [5.74, 6) is -2.75. The molecule has 0 heterocycles. The van der Waals surface area contributed by atoms with Gasteiger partial charge >= 0.3 is 12.1 Å². The molecule has 0 fully saturated rings. The topological polar surface area (TPSA) is 87.1 Å². The van der Waals surface area contributed by atoms with E-state index in [-0.39, 0.29) is 24.6 Å². The van der Waals surface area contributed by atoms with E-state index in [1.54, 1.807) is 6.92 Å². The van der Waals surface area contributed by atoms with Crippen LogP contribution in [0.3, 0.4) is 0 Å². The molecule has 164 valence electrons. The Morgan fingerprint density at radius 2 is 1.62 bits per heavy atom. The summed E-state index contributed by atoms with van der Waals surface area (Å²) < 4.78 is 19.3. The summed E-state index contributed by atoms with van der Waals surface area (Å²) in [5, 5.41) is 19.4. The van der Waals surface area contributed by atoms with Gasteiger partial charge < -0.3 is 14.9 Å². The van der Waals surface area contributed by atoms with E-state index < -0.39 is 29.7 Å². The number of carboxylic acid groups (broad SMARTS) is 1. The molecule has 1 atom stereocenters. The smallest absolute Gasteiger partial charge is 0.410 e. The van der Waals surface area contributed by atoms with E-state index in [4.69, 9.17) is 4.74 Å². The van der Waals surface area contributed by atoms with Gasteiger partial charge in [0.15, 0.2) is 6.04 Å². The van der Waals surface area contributed by atoms with Crippen molar-refractivity contribution >= 4 is 12.1 Å². The highest BCUT2D eigenvalue weighted by molar-refractivity contribution is 5.82. The number of aliphatic carboxylic acids is 1. The second kappa shape index (κ2) is 8.70. The largest absolute Gasteiger partial charge is 0.508 e. The van der Waals surface area contributed by atoms with Crippen molar-refractivity contribution in [2.75, 3.05) is 13.2 Å². The number of nitrogens with zero attached hydrogens (tertiary/aromatic N) is 1. The second-order valence-electron chi connectivity index (χ2n) is 7.57. The fourth-order valence-corrected chi connectivity index (χ4v) is 4.30. The number of carbonyl (C=O) groups is 2. The van der Waals surface area contributed by atoms with Gasteiger partial charge in [-0.15, -0.1) is 0 Å². The van der Waals surface area contributed by atoms with E-state index >= 15 is 0 Å². The van der Waals surface area contributed by atoms with Gasteiger partial charge in [0.1, 0.15) is 18.2 Å². The minimum atomic E-state index is -1.50. The first-order chi connectivity index (χ1) is 15.4. The van der Waals surface area contributed by atoms with Gasteiger partial charge in [0.25, 0.3) is 0 Å². The Morgan fingerprint density at radius 3 is 2.16 bits per heavy atom. The Kier molecular flexibility index (Phi) is 5.81. The molecule has 0 bridgehead atoms. The molecule has 0 radical (unpaired) electrons. The Labute approximate surface area is 184 Å². The van der Waals surface area contributed by atoms with Gasteiger partial charge in [-0.1, -0.05) is 48.5 Å². The summed E-state index contributed by atoms with van der Waals surface area (Å²) in [5.41, 5.74) is 4.18. The Hall–Kier alpha value is -3.87. The Balaban J connectivity index is 1.58. The lowest BCUT2D eigenvalue weighted by Crippen LogP contribution is -2.39. The first kappa shape index (κ1) is 21.4. The maximum absolute atomic E-state index is 13.8. The second-order valence-corrected chi connectivity index (χ2v) is 7.57. The van der Waals surface area contributed by atoms with Crippen LogP contribution in [0.1, 0.15) is 35.6 Å². The minimum absolute atomic E-state index is 0.0188. The van der Waals surface area contributed by atoms with E-state index in [2.05, 4.69) is 0 Å². The number of carbonyl (C=O) groups excluding carboxylic acids is 1. The van der Waals surface area contributed by atoms with E-state index in [9.17, 15) is 24.2 Å². The molecule has 1 aliphatic rings. The summed E-state index contributed by atoms with van der Waals surface area (Å²) in [4.78, 5) is 25.9. The highest BCUT2D eigenvalue weighted by Crippen LogP contribution is 2.44. The van der Waals surface area contributed by atoms with Gasteiger partial charge in [-0.25, -0.2) is 14.0 Å². The number of fused-ring (bicyclic) bond motifs is 3. The molecule has 0 spiro atoms. The average Bonchev–Trinajstić information content (AvgIpc) is 3.08. The number of hydrogen-bond acceptors (Lipinski definition) is 4. The fraction of sp³-hybridized carbons (Fsp3) is 0.200. The van der Waals surface area contributed by atoms with Crippen LogP contribution in [0.2, 0.25) is 0 Å². The van der Waals surface area contributed by atoms with Crippen molar-refractivity contribution in [1.29, 1.82) is 0 Å². The molecule has 0 saturated carbocycles. The zero-order valence-electron chi connectivity index (χ0n) is 17.4. The summed E-state index contributed by atoms with van der Waals surface area (Å²) in [6.07, 6.45) is -0.828. The molecule has 7 heteroatoms. The number of amides is 1. The van der Waals surface area contributed by atoms with Crippen LogP contribution in [0, 0.1) is 5.82 Å². The van der Waals surface area contributed by atoms with Gasteiger partial charge in [0.2, 0.25) is 0 Å². The molecule has 0 aromatic heterocycles. The van der Waals surface area contributed by atoms with Crippen LogP contribution < -0.4 is 0 Å². The number of phenolic OH excluding ortho intramolecular Hbond substituents is 1. The molecular formula is C25H22FNO5. The lowest BCUT2D eigenvalue weighted by Gasteiger charge is -2.28. The summed E-state index contributed by atoms with van der Waals surface area (Å²) in [6, 6.07) is 17.2. The van der Waals surface area contributed by atoms with E-state index in [0.717, 1.165) is 45.4 Å². The number of likely N-dealkylation sites (N-methyl/N-ethyl adjacent to an activating group) is 1. The van der Waals surface area contributed by atoms with Crippen LogP contribution in [0.25, 0.3) is 11.1 Å². The number of carboxylic acids is 1. The molecule has 2 N–H and O–H groups in total. The monoisotopic (exact) mass is 435 g/mol. The maximum atomic E-state index is 13.8. The predicted molar refractivity (Wildman–Crippen MR) is 116 cm³/mol. The first-order valence-corrected chi connectivity index (χ1v) is 10.2. The van der Waals surface area contributed by atoms with Crippen molar-refractivity contribution in [2.24, 2.45) is 0 Å². The third-order valence-corrected chi connectivity index (χ3v) is 5.68. The van der Waals surface area contributed by atoms with Crippen molar-refractivity contribution in [3.63, 3.8) is 0 Å². The van der Waals surface area contributed by atoms with Crippen molar-refractivity contribution < 1.29 is 28.9 Å². The third kappa shape index (κ3) is 3.89. The van der Waals surface area contributed by atoms with Gasteiger partial charge in [0.05, 0.1) is 0 Å². The normalized spacial score (nSPS) is 13.2. The standard InChI is InChI=1S/C25H22FNO5/c1-2-27(23(24(29)30)15-11-16(26)13-17(28)12-15)25(31)32-14-22-20-9-5-3-7-18(20)19-8-4-6-10-21(19)22/h3-13,22-23,28H,2,14H2,1H3,(H,29,30). The van der Waals surface area contributed by atoms with Crippen LogP contribution in [0.5, 0.6) is 5.75 Å². The van der Waals surface area contributed by atoms with Crippen LogP contribution in [0.15, 0.2) is 66.7 Å². The molecule has 32 heavy (non-hydrogen) atoms. The molecule has 0 aliphatic heterocycles. The molecule has 1 unspecified atom stereocenters. The maximum Gasteiger partial charge on any atom is 0.410 e. The average molecular weight is 435 g/mol. The van der Waals surface area contributed by atoms with E-state index in [0.29, 0.717) is 0 Å². The predicted octanol–water partition coefficient (Wildman–Crippen LogP) is 4.93. The molecule has 3 aromatic rings. The molecular weight excluding hydrogens is 413 g/mol. The SMILES string of the molecule is CCN(C(=O)OCC1c2ccccc2-c2ccccc21)C(C(=O)O)c1cc(O)cc(F)c1. The van der Waals surface area contributed by atoms with Gasteiger partial charge in [-0.3, -0.25) is 4.90 Å². The first-order valence-electron chi connectivity index (χ1n) is 10.2. The fourth-order valence-electron chi connectivity index (χ4n) is 4.30. The van der Waals surface area contributed by atoms with Crippen LogP contribution in [-0.2, 0) is 9.53 Å². The Bertz CT molecular complexity index is 1110. The zero-order valence-corrected chi connectivity index (χ0v) is 17.4. The summed E-state index contributed by atoms with van der Waals surface area (Å²) in [7, 11) is 0. The highest BCUT2D eigenvalue weighted by Gasteiger charge is 2.34. The lowest BCUT2D eigenvalue weighted by molar-refractivity contribution is -0.143. The number of rotatable bonds is 6. The number of halogens is 1. The minimum Gasteiger partial charge on any atom is -0.508 e. The molecule has 1 aliphatic carbocycles. The van der Waals surface area contributed by atoms with Gasteiger partial charge in [-0.05, 0) is 46.9 Å². The number of hydrogen-bond donors (Lipinski definition) is 2. The molecule has 6 nitrogen and oxygen atoms in total. The molecule has 0 saturated heterocycles. The Morgan fingerprint density at radius 1 is 1.03 bits per heavy atom. The molecule has 3 aromatic carbocycles. The number of benzene rings is 3. The quantitative estimate of drug-likeness (QED) is 0.573. The van der Waals surface area contributed by atoms with Crippen molar-refractivity contribution in [3.05, 3.63) is 89.2 Å². The van der Waals surface area contributed by atoms with Crippen LogP contribution >= 0.6 is 0 Å². The zero-order chi connectivity index (χ0) is 22.8. The molecule has 1 amide bonds. The third-order valence-electron chi connectivity index (χ3n) is 5.68. The van der Waals surface area contributed by atoms with Crippen molar-refractivity contribution in [2.45, 2.75) is 18.9 Å². The summed E-state index contributed by atoms with van der Waals surface area (Å²) >= 11 is 0. The van der Waals surface area contributed by atoms with Crippen LogP contribution in [-0.4, -0.2) is 40.3 Å². The molecule has 4 rings (SSSR count). The highest BCUT2D eigenvalue weighted by atomic mass is 19.1. The number of phenols is 1. The lowest BCUT2D eigenvalue weighted by atomic mass is 9.98. The van der Waals surface area contributed by atoms with Gasteiger partial charge in [0, 0.05) is 18.5 Å². The number of aromatic hydroxyl groups is 1. The van der Waals surface area contributed by atoms with Crippen LogP contribution in [0.4, 0.5) is 9.18 Å². The van der Waals surface area contributed by atoms with Gasteiger partial charge in [-0.2, -0.15) is 0 Å².